The van der Waals surface area contributed by atoms with E-state index in [0.29, 0.717) is 5.33 Å². The van der Waals surface area contributed by atoms with Crippen molar-refractivity contribution in [1.29, 1.82) is 0 Å². The first-order chi connectivity index (χ1) is 8.93. The smallest absolute Gasteiger partial charge is 0.146 e. The summed E-state index contributed by atoms with van der Waals surface area (Å²) in [6.45, 7) is 10.4. The van der Waals surface area contributed by atoms with Gasteiger partial charge >= 0.3 is 0 Å². The Labute approximate surface area is 123 Å². The van der Waals surface area contributed by atoms with Crippen LogP contribution in [0.1, 0.15) is 26.3 Å². The predicted molar refractivity (Wildman–Crippen MR) is 82.6 cm³/mol. The Morgan fingerprint density at radius 1 is 1.16 bits per heavy atom. The molecule has 1 heterocycles. The van der Waals surface area contributed by atoms with Gasteiger partial charge in [0.05, 0.1) is 5.69 Å². The molecule has 0 aliphatic carbocycles. The van der Waals surface area contributed by atoms with Crippen LogP contribution in [-0.4, -0.2) is 36.6 Å². The van der Waals surface area contributed by atoms with Gasteiger partial charge in [-0.3, -0.25) is 4.90 Å². The lowest BCUT2D eigenvalue weighted by Crippen LogP contribution is -2.53. The highest BCUT2D eigenvalue weighted by atomic mass is 79.9. The highest BCUT2D eigenvalue weighted by molar-refractivity contribution is 9.08. The van der Waals surface area contributed by atoms with Crippen LogP contribution in [0.5, 0.6) is 0 Å². The number of rotatable bonds is 2. The van der Waals surface area contributed by atoms with Gasteiger partial charge in [0, 0.05) is 37.0 Å². The second-order valence-electron chi connectivity index (χ2n) is 6.03. The highest BCUT2D eigenvalue weighted by Crippen LogP contribution is 2.28. The van der Waals surface area contributed by atoms with E-state index in [2.05, 4.69) is 46.5 Å². The minimum absolute atomic E-state index is 0.110. The molecule has 2 rings (SSSR count). The predicted octanol–water partition coefficient (Wildman–Crippen LogP) is 3.64. The molecule has 4 heteroatoms. The van der Waals surface area contributed by atoms with Crippen molar-refractivity contribution in [3.8, 4) is 0 Å². The van der Waals surface area contributed by atoms with E-state index in [0.717, 1.165) is 37.4 Å². The summed E-state index contributed by atoms with van der Waals surface area (Å²) >= 11 is 3.45. The van der Waals surface area contributed by atoms with Crippen molar-refractivity contribution in [3.63, 3.8) is 0 Å². The Morgan fingerprint density at radius 2 is 1.79 bits per heavy atom. The molecule has 0 amide bonds. The first-order valence-corrected chi connectivity index (χ1v) is 7.89. The molecule has 0 spiro atoms. The zero-order valence-electron chi connectivity index (χ0n) is 11.9. The number of para-hydroxylation sites is 1. The molecule has 1 aliphatic heterocycles. The number of nitrogens with zero attached hydrogens (tertiary/aromatic N) is 2. The van der Waals surface area contributed by atoms with Crippen molar-refractivity contribution in [3.05, 3.63) is 29.6 Å². The lowest BCUT2D eigenvalue weighted by atomic mass is 10.0. The van der Waals surface area contributed by atoms with Gasteiger partial charge in [-0.25, -0.2) is 4.39 Å². The Hall–Kier alpha value is -0.610. The van der Waals surface area contributed by atoms with Gasteiger partial charge in [0.1, 0.15) is 5.82 Å². The van der Waals surface area contributed by atoms with Gasteiger partial charge in [0.2, 0.25) is 0 Å². The van der Waals surface area contributed by atoms with Crippen molar-refractivity contribution in [2.75, 3.05) is 31.1 Å². The van der Waals surface area contributed by atoms with Crippen LogP contribution in [0.25, 0.3) is 0 Å². The molecule has 1 aromatic carbocycles. The van der Waals surface area contributed by atoms with Crippen LogP contribution >= 0.6 is 15.9 Å². The van der Waals surface area contributed by atoms with Crippen molar-refractivity contribution in [1.82, 2.24) is 4.90 Å². The summed E-state index contributed by atoms with van der Waals surface area (Å²) < 4.78 is 14.1. The largest absolute Gasteiger partial charge is 0.366 e. The van der Waals surface area contributed by atoms with Crippen LogP contribution in [-0.2, 0) is 5.33 Å². The van der Waals surface area contributed by atoms with E-state index in [9.17, 15) is 4.39 Å². The van der Waals surface area contributed by atoms with E-state index in [1.807, 2.05) is 6.07 Å². The van der Waals surface area contributed by atoms with Crippen LogP contribution in [0.2, 0.25) is 0 Å². The molecule has 0 bridgehead atoms. The molecule has 1 fully saturated rings. The molecule has 19 heavy (non-hydrogen) atoms. The molecule has 0 saturated carbocycles. The number of piperazine rings is 1. The van der Waals surface area contributed by atoms with E-state index in [4.69, 9.17) is 0 Å². The maximum absolute atomic E-state index is 14.1. The zero-order valence-corrected chi connectivity index (χ0v) is 13.5. The average Bonchev–Trinajstić information content (AvgIpc) is 2.37. The van der Waals surface area contributed by atoms with E-state index in [1.54, 1.807) is 12.1 Å². The van der Waals surface area contributed by atoms with Gasteiger partial charge in [-0.2, -0.15) is 0 Å². The monoisotopic (exact) mass is 328 g/mol. The molecule has 0 unspecified atom stereocenters. The molecule has 1 saturated heterocycles. The SMILES string of the molecule is CC(C)(C)N1CCN(c2c(F)cccc2CBr)CC1. The van der Waals surface area contributed by atoms with E-state index < -0.39 is 0 Å². The summed E-state index contributed by atoms with van der Waals surface area (Å²) in [6.07, 6.45) is 0. The third-order valence-electron chi connectivity index (χ3n) is 3.76. The van der Waals surface area contributed by atoms with Gasteiger partial charge in [0.15, 0.2) is 0 Å². The van der Waals surface area contributed by atoms with Crippen LogP contribution < -0.4 is 4.90 Å². The highest BCUT2D eigenvalue weighted by Gasteiger charge is 2.27. The average molecular weight is 329 g/mol. The Kier molecular flexibility index (Phi) is 4.51. The number of anilines is 1. The Morgan fingerprint density at radius 3 is 2.32 bits per heavy atom. The van der Waals surface area contributed by atoms with Crippen LogP contribution in [0.15, 0.2) is 18.2 Å². The fourth-order valence-corrected chi connectivity index (χ4v) is 3.08. The molecule has 0 atom stereocenters. The van der Waals surface area contributed by atoms with E-state index in [1.165, 1.54) is 0 Å². The molecular formula is C15H22BrFN2. The van der Waals surface area contributed by atoms with Gasteiger partial charge in [-0.05, 0) is 32.4 Å². The van der Waals surface area contributed by atoms with E-state index >= 15 is 0 Å². The molecule has 2 nitrogen and oxygen atoms in total. The minimum atomic E-state index is -0.110. The van der Waals surface area contributed by atoms with Crippen molar-refractivity contribution in [2.45, 2.75) is 31.6 Å². The Balaban J connectivity index is 2.14. The molecule has 0 aromatic heterocycles. The van der Waals surface area contributed by atoms with Crippen LogP contribution in [0.4, 0.5) is 10.1 Å². The first-order valence-electron chi connectivity index (χ1n) is 6.77. The fraction of sp³-hybridized carbons (Fsp3) is 0.600. The summed E-state index contributed by atoms with van der Waals surface area (Å²) in [7, 11) is 0. The van der Waals surface area contributed by atoms with Gasteiger partial charge < -0.3 is 4.90 Å². The summed E-state index contributed by atoms with van der Waals surface area (Å²) in [6, 6.07) is 5.32. The maximum atomic E-state index is 14.1. The Bertz CT molecular complexity index is 434. The number of alkyl halides is 1. The maximum Gasteiger partial charge on any atom is 0.146 e. The first kappa shape index (κ1) is 14.8. The quantitative estimate of drug-likeness (QED) is 0.765. The van der Waals surface area contributed by atoms with Gasteiger partial charge in [-0.15, -0.1) is 0 Å². The topological polar surface area (TPSA) is 6.48 Å². The second kappa shape index (κ2) is 5.80. The minimum Gasteiger partial charge on any atom is -0.366 e. The standard InChI is InChI=1S/C15H22BrFN2/c1-15(2,3)19-9-7-18(8-10-19)14-12(11-16)5-4-6-13(14)17/h4-6H,7-11H2,1-3H3. The molecule has 0 radical (unpaired) electrons. The fourth-order valence-electron chi connectivity index (χ4n) is 2.62. The van der Waals surface area contributed by atoms with Crippen molar-refractivity contribution in [2.24, 2.45) is 0 Å². The number of halogens is 2. The second-order valence-corrected chi connectivity index (χ2v) is 6.59. The van der Waals surface area contributed by atoms with E-state index in [-0.39, 0.29) is 11.4 Å². The third-order valence-corrected chi connectivity index (χ3v) is 4.36. The summed E-state index contributed by atoms with van der Waals surface area (Å²) in [5, 5.41) is 0.694. The van der Waals surface area contributed by atoms with Gasteiger partial charge in [-0.1, -0.05) is 28.1 Å². The summed E-state index contributed by atoms with van der Waals surface area (Å²) in [4.78, 5) is 4.63. The van der Waals surface area contributed by atoms with Crippen molar-refractivity contribution < 1.29 is 4.39 Å². The molecule has 1 aromatic rings. The zero-order chi connectivity index (χ0) is 14.0. The normalized spacial score (nSPS) is 17.8. The lowest BCUT2D eigenvalue weighted by Gasteiger charge is -2.43. The number of hydrogen-bond acceptors (Lipinski definition) is 2. The summed E-state index contributed by atoms with van der Waals surface area (Å²) in [5.74, 6) is -0.110. The van der Waals surface area contributed by atoms with Crippen molar-refractivity contribution >= 4 is 21.6 Å². The van der Waals surface area contributed by atoms with Crippen LogP contribution in [0.3, 0.4) is 0 Å². The third kappa shape index (κ3) is 3.29. The number of benzene rings is 1. The van der Waals surface area contributed by atoms with Gasteiger partial charge in [0.25, 0.3) is 0 Å². The molecule has 106 valence electrons. The number of hydrogen-bond donors (Lipinski definition) is 0. The molecule has 0 N–H and O–H groups in total. The molecular weight excluding hydrogens is 307 g/mol. The molecule has 1 aliphatic rings. The van der Waals surface area contributed by atoms with Crippen LogP contribution in [0, 0.1) is 5.82 Å². The summed E-state index contributed by atoms with van der Waals surface area (Å²) in [5.41, 5.74) is 2.00. The lowest BCUT2D eigenvalue weighted by molar-refractivity contribution is 0.128.